The number of H-pyrrole nitrogens is 1. The zero-order valence-electron chi connectivity index (χ0n) is 11.3. The second kappa shape index (κ2) is 6.50. The Balaban J connectivity index is 1.77. The van der Waals surface area contributed by atoms with Crippen molar-refractivity contribution in [3.8, 4) is 0 Å². The number of aromatic amines is 1. The van der Waals surface area contributed by atoms with Gasteiger partial charge in [-0.25, -0.2) is 5.43 Å². The molecule has 0 aliphatic rings. The van der Waals surface area contributed by atoms with E-state index >= 15 is 0 Å². The van der Waals surface area contributed by atoms with E-state index < -0.39 is 0 Å². The average molecular weight is 424 g/mol. The van der Waals surface area contributed by atoms with Crippen LogP contribution in [0.5, 0.6) is 0 Å². The van der Waals surface area contributed by atoms with Crippen LogP contribution in [0, 0.1) is 3.57 Å². The first-order valence-corrected chi connectivity index (χ1v) is 7.95. The van der Waals surface area contributed by atoms with Gasteiger partial charge in [-0.05, 0) is 46.9 Å². The van der Waals surface area contributed by atoms with Gasteiger partial charge in [-0.3, -0.25) is 4.79 Å². The number of hydrazone groups is 1. The van der Waals surface area contributed by atoms with Gasteiger partial charge in [0.25, 0.3) is 5.91 Å². The minimum atomic E-state index is -0.334. The Bertz CT molecular complexity index is 873. The molecular weight excluding hydrogens is 413 g/mol. The molecule has 0 saturated carbocycles. The Morgan fingerprint density at radius 1 is 1.27 bits per heavy atom. The summed E-state index contributed by atoms with van der Waals surface area (Å²) in [6.45, 7) is 0. The molecule has 1 heterocycles. The van der Waals surface area contributed by atoms with Crippen LogP contribution in [0.1, 0.15) is 15.9 Å². The van der Waals surface area contributed by atoms with Gasteiger partial charge in [-0.2, -0.15) is 5.10 Å². The van der Waals surface area contributed by atoms with Crippen LogP contribution in [0.25, 0.3) is 10.9 Å². The molecule has 2 aromatic carbocycles. The maximum absolute atomic E-state index is 12.1. The number of amides is 1. The number of aromatic nitrogens is 1. The number of hydrogen-bond acceptors (Lipinski definition) is 2. The van der Waals surface area contributed by atoms with E-state index in [0.717, 1.165) is 20.0 Å². The zero-order chi connectivity index (χ0) is 15.5. The Morgan fingerprint density at radius 2 is 2.09 bits per heavy atom. The molecule has 0 atom stereocenters. The van der Waals surface area contributed by atoms with Gasteiger partial charge >= 0.3 is 0 Å². The molecule has 0 radical (unpaired) electrons. The summed E-state index contributed by atoms with van der Waals surface area (Å²) >= 11 is 8.16. The molecule has 6 heteroatoms. The summed E-state index contributed by atoms with van der Waals surface area (Å²) < 4.78 is 0.938. The van der Waals surface area contributed by atoms with Crippen LogP contribution in [0.15, 0.2) is 53.8 Å². The third-order valence-electron chi connectivity index (χ3n) is 3.16. The molecule has 22 heavy (non-hydrogen) atoms. The Morgan fingerprint density at radius 3 is 2.95 bits per heavy atom. The standard InChI is InChI=1S/C16H11ClIN3O/c17-14-6-5-11(18)7-13(14)16(22)21-20-9-10-8-19-15-4-2-1-3-12(10)15/h1-9,19H,(H,21,22)/b20-9+. The van der Waals surface area contributed by atoms with Gasteiger partial charge < -0.3 is 4.98 Å². The molecule has 1 amide bonds. The van der Waals surface area contributed by atoms with Crippen molar-refractivity contribution in [2.75, 3.05) is 0 Å². The summed E-state index contributed by atoms with van der Waals surface area (Å²) in [5, 5.41) is 5.46. The number of benzene rings is 2. The van der Waals surface area contributed by atoms with Crippen molar-refractivity contribution in [3.05, 3.63) is 68.4 Å². The average Bonchev–Trinajstić information content (AvgIpc) is 2.93. The maximum atomic E-state index is 12.1. The van der Waals surface area contributed by atoms with Crippen molar-refractivity contribution in [1.29, 1.82) is 0 Å². The van der Waals surface area contributed by atoms with Gasteiger partial charge in [-0.1, -0.05) is 29.8 Å². The molecule has 0 aliphatic carbocycles. The molecule has 0 fully saturated rings. The quantitative estimate of drug-likeness (QED) is 0.370. The van der Waals surface area contributed by atoms with Crippen molar-refractivity contribution in [1.82, 2.24) is 10.4 Å². The van der Waals surface area contributed by atoms with Crippen molar-refractivity contribution < 1.29 is 4.79 Å². The molecular formula is C16H11ClIN3O. The molecule has 2 N–H and O–H groups in total. The lowest BCUT2D eigenvalue weighted by Crippen LogP contribution is -2.18. The lowest BCUT2D eigenvalue weighted by atomic mass is 10.2. The van der Waals surface area contributed by atoms with Crippen LogP contribution in [0.3, 0.4) is 0 Å². The molecule has 4 nitrogen and oxygen atoms in total. The number of carbonyl (C=O) groups excluding carboxylic acids is 1. The SMILES string of the molecule is O=C(N/N=C/c1c[nH]c2ccccc12)c1cc(I)ccc1Cl. The van der Waals surface area contributed by atoms with Crippen molar-refractivity contribution >= 4 is 57.2 Å². The highest BCUT2D eigenvalue weighted by atomic mass is 127. The number of nitrogens with one attached hydrogen (secondary N) is 2. The molecule has 3 rings (SSSR count). The van der Waals surface area contributed by atoms with Crippen molar-refractivity contribution in [2.45, 2.75) is 0 Å². The van der Waals surface area contributed by atoms with Gasteiger partial charge in [0.1, 0.15) is 0 Å². The van der Waals surface area contributed by atoms with Gasteiger partial charge in [0.2, 0.25) is 0 Å². The van der Waals surface area contributed by atoms with Gasteiger partial charge in [0.05, 0.1) is 16.8 Å². The zero-order valence-corrected chi connectivity index (χ0v) is 14.2. The molecule has 3 aromatic rings. The maximum Gasteiger partial charge on any atom is 0.272 e. The Labute approximate surface area is 145 Å². The summed E-state index contributed by atoms with van der Waals surface area (Å²) in [4.78, 5) is 15.2. The van der Waals surface area contributed by atoms with Crippen LogP contribution in [-0.2, 0) is 0 Å². The third-order valence-corrected chi connectivity index (χ3v) is 4.16. The Hall–Kier alpha value is -1.86. The van der Waals surface area contributed by atoms with E-state index in [0.29, 0.717) is 10.6 Å². The van der Waals surface area contributed by atoms with E-state index in [4.69, 9.17) is 11.6 Å². The number of fused-ring (bicyclic) bond motifs is 1. The molecule has 0 spiro atoms. The molecule has 0 aliphatic heterocycles. The predicted octanol–water partition coefficient (Wildman–Crippen LogP) is 4.19. The third kappa shape index (κ3) is 3.15. The van der Waals surface area contributed by atoms with Crippen molar-refractivity contribution in [2.24, 2.45) is 5.10 Å². The van der Waals surface area contributed by atoms with Crippen LogP contribution in [-0.4, -0.2) is 17.1 Å². The summed E-state index contributed by atoms with van der Waals surface area (Å²) in [5.41, 5.74) is 4.84. The normalized spacial score (nSPS) is 11.2. The highest BCUT2D eigenvalue weighted by Crippen LogP contribution is 2.19. The number of carbonyl (C=O) groups is 1. The fourth-order valence-corrected chi connectivity index (χ4v) is 2.79. The van der Waals surface area contributed by atoms with Crippen molar-refractivity contribution in [3.63, 3.8) is 0 Å². The Kier molecular flexibility index (Phi) is 4.44. The van der Waals surface area contributed by atoms with E-state index in [1.165, 1.54) is 0 Å². The molecule has 1 aromatic heterocycles. The van der Waals surface area contributed by atoms with E-state index in [-0.39, 0.29) is 5.91 Å². The largest absolute Gasteiger partial charge is 0.361 e. The molecule has 0 saturated heterocycles. The fraction of sp³-hybridized carbons (Fsp3) is 0. The second-order valence-electron chi connectivity index (χ2n) is 4.61. The first-order valence-electron chi connectivity index (χ1n) is 6.50. The lowest BCUT2D eigenvalue weighted by molar-refractivity contribution is 0.0955. The molecule has 0 bridgehead atoms. The molecule has 110 valence electrons. The van der Waals surface area contributed by atoms with Crippen LogP contribution in [0.2, 0.25) is 5.02 Å². The summed E-state index contributed by atoms with van der Waals surface area (Å²) in [5.74, 6) is -0.334. The monoisotopic (exact) mass is 423 g/mol. The van der Waals surface area contributed by atoms with Crippen LogP contribution in [0.4, 0.5) is 0 Å². The van der Waals surface area contributed by atoms with E-state index in [1.807, 2.05) is 36.5 Å². The fourth-order valence-electron chi connectivity index (χ4n) is 2.09. The minimum absolute atomic E-state index is 0.334. The number of para-hydroxylation sites is 1. The highest BCUT2D eigenvalue weighted by molar-refractivity contribution is 14.1. The second-order valence-corrected chi connectivity index (χ2v) is 6.27. The van der Waals surface area contributed by atoms with E-state index in [9.17, 15) is 4.79 Å². The predicted molar refractivity (Wildman–Crippen MR) is 97.5 cm³/mol. The minimum Gasteiger partial charge on any atom is -0.361 e. The number of halogens is 2. The smallest absolute Gasteiger partial charge is 0.272 e. The van der Waals surface area contributed by atoms with E-state index in [2.05, 4.69) is 38.1 Å². The first-order chi connectivity index (χ1) is 10.6. The highest BCUT2D eigenvalue weighted by Gasteiger charge is 2.09. The summed E-state index contributed by atoms with van der Waals surface area (Å²) in [6.07, 6.45) is 3.46. The van der Waals surface area contributed by atoms with Crippen LogP contribution >= 0.6 is 34.2 Å². The van der Waals surface area contributed by atoms with Crippen LogP contribution < -0.4 is 5.43 Å². The number of nitrogens with zero attached hydrogens (tertiary/aromatic N) is 1. The summed E-state index contributed by atoms with van der Waals surface area (Å²) in [6, 6.07) is 13.1. The number of rotatable bonds is 3. The number of hydrogen-bond donors (Lipinski definition) is 2. The van der Waals surface area contributed by atoms with Gasteiger partial charge in [-0.15, -0.1) is 0 Å². The van der Waals surface area contributed by atoms with Gasteiger partial charge in [0.15, 0.2) is 0 Å². The van der Waals surface area contributed by atoms with E-state index in [1.54, 1.807) is 18.3 Å². The molecule has 0 unspecified atom stereocenters. The first kappa shape index (κ1) is 15.1. The lowest BCUT2D eigenvalue weighted by Gasteiger charge is -2.03. The van der Waals surface area contributed by atoms with Gasteiger partial charge in [0, 0.05) is 26.2 Å². The summed E-state index contributed by atoms with van der Waals surface area (Å²) in [7, 11) is 0. The topological polar surface area (TPSA) is 57.2 Å².